The molecule has 0 aliphatic carbocycles. The second-order valence-electron chi connectivity index (χ2n) is 3.27. The van der Waals surface area contributed by atoms with Gasteiger partial charge in [0.05, 0.1) is 13.5 Å². The maximum Gasteiger partial charge on any atom is 0.307 e. The molecule has 0 aliphatic heterocycles. The van der Waals surface area contributed by atoms with E-state index in [-0.39, 0.29) is 17.9 Å². The Hall–Kier alpha value is -2.30. The fourth-order valence-electron chi connectivity index (χ4n) is 1.30. The lowest BCUT2D eigenvalue weighted by Gasteiger charge is -2.06. The van der Waals surface area contributed by atoms with Crippen LogP contribution in [0.4, 0.5) is 0 Å². The molecule has 2 N–H and O–H groups in total. The van der Waals surface area contributed by atoms with Crippen LogP contribution in [0.2, 0.25) is 0 Å². The normalized spacial score (nSPS) is 10.4. The van der Waals surface area contributed by atoms with Crippen LogP contribution in [-0.2, 0) is 4.79 Å². The third-order valence-corrected chi connectivity index (χ3v) is 2.10. The third kappa shape index (κ3) is 3.34. The summed E-state index contributed by atoms with van der Waals surface area (Å²) >= 11 is 0. The number of benzene rings is 1. The summed E-state index contributed by atoms with van der Waals surface area (Å²) in [7, 11) is 1.38. The van der Waals surface area contributed by atoms with E-state index in [2.05, 4.69) is 0 Å². The van der Waals surface area contributed by atoms with Gasteiger partial charge in [0.2, 0.25) is 0 Å². The van der Waals surface area contributed by atoms with Gasteiger partial charge in [0.1, 0.15) is 0 Å². The maximum atomic E-state index is 10.8. The molecule has 0 spiro atoms. The number of methoxy groups -OCH3 is 1. The van der Waals surface area contributed by atoms with Gasteiger partial charge in [-0.3, -0.25) is 9.59 Å². The van der Waals surface area contributed by atoms with E-state index >= 15 is 0 Å². The van der Waals surface area contributed by atoms with E-state index in [0.29, 0.717) is 17.4 Å². The molecule has 0 heterocycles. The number of rotatable bonds is 5. The molecule has 0 unspecified atom stereocenters. The number of aldehydes is 1. The summed E-state index contributed by atoms with van der Waals surface area (Å²) in [6.45, 7) is 0. The molecule has 1 aromatic rings. The second-order valence-corrected chi connectivity index (χ2v) is 3.27. The fourth-order valence-corrected chi connectivity index (χ4v) is 1.30. The highest BCUT2D eigenvalue weighted by atomic mass is 16.5. The van der Waals surface area contributed by atoms with Gasteiger partial charge in [0.25, 0.3) is 0 Å². The number of hydrogen-bond donors (Lipinski definition) is 2. The molecule has 0 aromatic heterocycles. The summed E-state index contributed by atoms with van der Waals surface area (Å²) in [4.78, 5) is 21.1. The van der Waals surface area contributed by atoms with Crippen molar-refractivity contribution >= 4 is 18.3 Å². The Morgan fingerprint density at radius 3 is 2.65 bits per heavy atom. The summed E-state index contributed by atoms with van der Waals surface area (Å²) in [6.07, 6.45) is 3.33. The van der Waals surface area contributed by atoms with Crippen molar-refractivity contribution in [2.45, 2.75) is 6.42 Å². The number of ether oxygens (including phenoxy) is 1. The first-order chi connectivity index (χ1) is 8.08. The number of aromatic hydroxyl groups is 1. The summed E-state index contributed by atoms with van der Waals surface area (Å²) in [5, 5.41) is 18.0. The summed E-state index contributed by atoms with van der Waals surface area (Å²) < 4.78 is 4.86. The quantitative estimate of drug-likeness (QED) is 0.760. The average molecular weight is 236 g/mol. The molecule has 0 saturated heterocycles. The lowest BCUT2D eigenvalue weighted by molar-refractivity contribution is -0.135. The smallest absolute Gasteiger partial charge is 0.307 e. The standard InChI is InChI=1S/C12H12O5/c1-17-11-6-9(7-13)8(5-10(11)14)3-2-4-12(15)16/h2-3,5-7,14H,4H2,1H3,(H,15,16). The molecule has 0 atom stereocenters. The van der Waals surface area contributed by atoms with Crippen LogP contribution in [0.5, 0.6) is 11.5 Å². The number of carbonyl (C=O) groups is 2. The molecule has 5 nitrogen and oxygen atoms in total. The summed E-state index contributed by atoms with van der Waals surface area (Å²) in [6, 6.07) is 2.74. The minimum absolute atomic E-state index is 0.104. The van der Waals surface area contributed by atoms with Crippen molar-refractivity contribution in [1.82, 2.24) is 0 Å². The van der Waals surface area contributed by atoms with Crippen LogP contribution in [0.1, 0.15) is 22.3 Å². The Bertz CT molecular complexity index is 462. The predicted octanol–water partition coefficient (Wildman–Crippen LogP) is 1.70. The van der Waals surface area contributed by atoms with Gasteiger partial charge < -0.3 is 14.9 Å². The molecular weight excluding hydrogens is 224 g/mol. The molecule has 0 fully saturated rings. The van der Waals surface area contributed by atoms with E-state index in [0.717, 1.165) is 0 Å². The van der Waals surface area contributed by atoms with Crippen molar-refractivity contribution in [3.05, 3.63) is 29.3 Å². The first kappa shape index (κ1) is 12.8. The number of carboxylic acids is 1. The first-order valence-corrected chi connectivity index (χ1v) is 4.83. The van der Waals surface area contributed by atoms with Gasteiger partial charge in [0, 0.05) is 5.56 Å². The summed E-state index contributed by atoms with van der Waals surface area (Å²) in [5.74, 6) is -0.873. The van der Waals surface area contributed by atoms with Crippen molar-refractivity contribution in [2.24, 2.45) is 0 Å². The lowest BCUT2D eigenvalue weighted by atomic mass is 10.1. The number of phenols is 1. The highest BCUT2D eigenvalue weighted by molar-refractivity contribution is 5.84. The Kier molecular flexibility index (Phi) is 4.28. The SMILES string of the molecule is COc1cc(C=O)c(C=CCC(=O)O)cc1O. The molecule has 1 rings (SSSR count). The highest BCUT2D eigenvalue weighted by Gasteiger charge is 2.07. The van der Waals surface area contributed by atoms with Gasteiger partial charge in [0.15, 0.2) is 17.8 Å². The number of phenolic OH excluding ortho intramolecular Hbond substituents is 1. The van der Waals surface area contributed by atoms with Gasteiger partial charge in [-0.1, -0.05) is 12.2 Å². The van der Waals surface area contributed by atoms with Crippen molar-refractivity contribution < 1.29 is 24.5 Å². The van der Waals surface area contributed by atoms with Crippen LogP contribution in [0.3, 0.4) is 0 Å². The van der Waals surface area contributed by atoms with Crippen LogP contribution in [0, 0.1) is 0 Å². The first-order valence-electron chi connectivity index (χ1n) is 4.83. The van der Waals surface area contributed by atoms with Crippen LogP contribution >= 0.6 is 0 Å². The topological polar surface area (TPSA) is 83.8 Å². The Labute approximate surface area is 98.0 Å². The zero-order chi connectivity index (χ0) is 12.8. The average Bonchev–Trinajstić information content (AvgIpc) is 2.29. The van der Waals surface area contributed by atoms with Crippen molar-refractivity contribution in [3.63, 3.8) is 0 Å². The highest BCUT2D eigenvalue weighted by Crippen LogP contribution is 2.29. The van der Waals surface area contributed by atoms with Crippen LogP contribution in [0.25, 0.3) is 6.08 Å². The van der Waals surface area contributed by atoms with Gasteiger partial charge in [-0.15, -0.1) is 0 Å². The molecule has 0 amide bonds. The Morgan fingerprint density at radius 2 is 2.12 bits per heavy atom. The third-order valence-electron chi connectivity index (χ3n) is 2.10. The number of hydrogen-bond acceptors (Lipinski definition) is 4. The van der Waals surface area contributed by atoms with Crippen molar-refractivity contribution in [1.29, 1.82) is 0 Å². The second kappa shape index (κ2) is 5.69. The van der Waals surface area contributed by atoms with Crippen LogP contribution in [0.15, 0.2) is 18.2 Å². The molecule has 0 saturated carbocycles. The lowest BCUT2D eigenvalue weighted by Crippen LogP contribution is -1.92. The maximum absolute atomic E-state index is 10.8. The molecular formula is C12H12O5. The van der Waals surface area contributed by atoms with E-state index in [4.69, 9.17) is 9.84 Å². The molecule has 90 valence electrons. The van der Waals surface area contributed by atoms with Crippen LogP contribution in [-0.4, -0.2) is 29.6 Å². The number of carboxylic acid groups (broad SMARTS) is 1. The predicted molar refractivity (Wildman–Crippen MR) is 61.3 cm³/mol. The molecule has 5 heteroatoms. The van der Waals surface area contributed by atoms with Crippen molar-refractivity contribution in [3.8, 4) is 11.5 Å². The minimum Gasteiger partial charge on any atom is -0.504 e. The minimum atomic E-state index is -0.966. The largest absolute Gasteiger partial charge is 0.504 e. The fraction of sp³-hybridized carbons (Fsp3) is 0.167. The van der Waals surface area contributed by atoms with E-state index in [1.54, 1.807) is 0 Å². The van der Waals surface area contributed by atoms with E-state index in [1.165, 1.54) is 31.4 Å². The van der Waals surface area contributed by atoms with E-state index in [1.807, 2.05) is 0 Å². The van der Waals surface area contributed by atoms with Crippen molar-refractivity contribution in [2.75, 3.05) is 7.11 Å². The zero-order valence-electron chi connectivity index (χ0n) is 9.21. The molecule has 0 aliphatic rings. The number of carbonyl (C=O) groups excluding carboxylic acids is 1. The van der Waals surface area contributed by atoms with Crippen LogP contribution < -0.4 is 4.74 Å². The Balaban J connectivity index is 3.06. The molecule has 1 aromatic carbocycles. The van der Waals surface area contributed by atoms with E-state index in [9.17, 15) is 14.7 Å². The monoisotopic (exact) mass is 236 g/mol. The van der Waals surface area contributed by atoms with Gasteiger partial charge in [-0.25, -0.2) is 0 Å². The van der Waals surface area contributed by atoms with E-state index < -0.39 is 5.97 Å². The molecule has 17 heavy (non-hydrogen) atoms. The zero-order valence-corrected chi connectivity index (χ0v) is 9.21. The van der Waals surface area contributed by atoms with Gasteiger partial charge in [-0.2, -0.15) is 0 Å². The van der Waals surface area contributed by atoms with Gasteiger partial charge in [-0.05, 0) is 17.7 Å². The Morgan fingerprint density at radius 1 is 1.41 bits per heavy atom. The number of aliphatic carboxylic acids is 1. The van der Waals surface area contributed by atoms with Gasteiger partial charge >= 0.3 is 5.97 Å². The molecule has 0 radical (unpaired) electrons. The summed E-state index contributed by atoms with van der Waals surface area (Å²) in [5.41, 5.74) is 0.765. The molecule has 0 bridgehead atoms.